The molecule has 0 unspecified atom stereocenters. The zero-order valence-electron chi connectivity index (χ0n) is 18.8. The third-order valence-electron chi connectivity index (χ3n) is 6.21. The molecule has 0 aromatic heterocycles. The largest absolute Gasteiger partial charge is 0.497 e. The molecule has 3 rings (SSSR count). The van der Waals surface area contributed by atoms with Crippen molar-refractivity contribution >= 4 is 10.0 Å². The fraction of sp³-hybridized carbons (Fsp3) is 0.500. The highest BCUT2D eigenvalue weighted by atomic mass is 32.2. The predicted molar refractivity (Wildman–Crippen MR) is 122 cm³/mol. The highest BCUT2D eigenvalue weighted by Gasteiger charge is 2.40. The van der Waals surface area contributed by atoms with Gasteiger partial charge in [-0.25, -0.2) is 8.42 Å². The molecule has 0 spiro atoms. The molecule has 170 valence electrons. The van der Waals surface area contributed by atoms with Gasteiger partial charge in [0, 0.05) is 20.2 Å². The van der Waals surface area contributed by atoms with Gasteiger partial charge in [0.2, 0.25) is 10.0 Å². The second kappa shape index (κ2) is 10.5. The minimum absolute atomic E-state index is 0.282. The van der Waals surface area contributed by atoms with Gasteiger partial charge in [0.1, 0.15) is 11.5 Å². The maximum atomic E-state index is 13.7. The smallest absolute Gasteiger partial charge is 0.219 e. The van der Waals surface area contributed by atoms with Gasteiger partial charge in [-0.2, -0.15) is 4.31 Å². The highest BCUT2D eigenvalue weighted by molar-refractivity contribution is 7.89. The Morgan fingerprint density at radius 2 is 1.32 bits per heavy atom. The lowest BCUT2D eigenvalue weighted by atomic mass is 9.80. The number of methoxy groups -OCH3 is 3. The highest BCUT2D eigenvalue weighted by Crippen LogP contribution is 2.35. The molecule has 31 heavy (non-hydrogen) atoms. The molecule has 0 bridgehead atoms. The normalized spacial score (nSPS) is 16.5. The van der Waals surface area contributed by atoms with Crippen molar-refractivity contribution in [3.63, 3.8) is 0 Å². The van der Waals surface area contributed by atoms with E-state index in [0.717, 1.165) is 41.9 Å². The average molecular weight is 448 g/mol. The van der Waals surface area contributed by atoms with Gasteiger partial charge in [0.25, 0.3) is 0 Å². The van der Waals surface area contributed by atoms with Crippen LogP contribution in [0.4, 0.5) is 0 Å². The average Bonchev–Trinajstić information content (AvgIpc) is 2.76. The molecule has 1 fully saturated rings. The van der Waals surface area contributed by atoms with Crippen molar-refractivity contribution in [1.82, 2.24) is 4.31 Å². The number of benzene rings is 2. The van der Waals surface area contributed by atoms with Crippen LogP contribution in [-0.2, 0) is 27.8 Å². The van der Waals surface area contributed by atoms with Crippen LogP contribution in [0.15, 0.2) is 48.5 Å². The molecule has 0 saturated heterocycles. The van der Waals surface area contributed by atoms with Gasteiger partial charge in [-0.1, -0.05) is 30.7 Å². The summed E-state index contributed by atoms with van der Waals surface area (Å²) in [7, 11) is 1.23. The van der Waals surface area contributed by atoms with Crippen LogP contribution in [0.1, 0.15) is 37.3 Å². The number of ether oxygens (including phenoxy) is 3. The molecular weight excluding hydrogens is 414 g/mol. The van der Waals surface area contributed by atoms with Gasteiger partial charge in [0.15, 0.2) is 0 Å². The van der Waals surface area contributed by atoms with Crippen molar-refractivity contribution in [1.29, 1.82) is 0 Å². The Morgan fingerprint density at radius 3 is 1.65 bits per heavy atom. The summed E-state index contributed by atoms with van der Waals surface area (Å²) in [6.45, 7) is 2.34. The number of hydrogen-bond acceptors (Lipinski definition) is 5. The van der Waals surface area contributed by atoms with E-state index in [1.54, 1.807) is 32.6 Å². The molecular formula is C24H33NO5S. The molecule has 0 N–H and O–H groups in total. The Morgan fingerprint density at radius 1 is 0.871 bits per heavy atom. The second-order valence-electron chi connectivity index (χ2n) is 8.11. The molecule has 1 saturated carbocycles. The van der Waals surface area contributed by atoms with Gasteiger partial charge in [-0.05, 0) is 61.1 Å². The lowest BCUT2D eigenvalue weighted by Gasteiger charge is -2.37. The maximum absolute atomic E-state index is 13.7. The molecule has 2 aromatic carbocycles. The van der Waals surface area contributed by atoms with Crippen molar-refractivity contribution < 1.29 is 22.6 Å². The van der Waals surface area contributed by atoms with Gasteiger partial charge in [-0.3, -0.25) is 0 Å². The van der Waals surface area contributed by atoms with Gasteiger partial charge >= 0.3 is 0 Å². The van der Waals surface area contributed by atoms with Crippen LogP contribution in [0.2, 0.25) is 0 Å². The summed E-state index contributed by atoms with van der Waals surface area (Å²) in [5.41, 5.74) is 1.81. The summed E-state index contributed by atoms with van der Waals surface area (Å²) in [4.78, 5) is 0. The van der Waals surface area contributed by atoms with Gasteiger partial charge < -0.3 is 14.2 Å². The van der Waals surface area contributed by atoms with E-state index in [1.807, 2.05) is 48.5 Å². The van der Waals surface area contributed by atoms with Crippen molar-refractivity contribution in [2.75, 3.05) is 21.3 Å². The van der Waals surface area contributed by atoms with E-state index >= 15 is 0 Å². The third-order valence-corrected chi connectivity index (χ3v) is 8.40. The maximum Gasteiger partial charge on any atom is 0.219 e. The fourth-order valence-corrected chi connectivity index (χ4v) is 5.85. The van der Waals surface area contributed by atoms with E-state index in [1.165, 1.54) is 0 Å². The van der Waals surface area contributed by atoms with Crippen LogP contribution >= 0.6 is 0 Å². The first kappa shape index (κ1) is 23.6. The first-order valence-corrected chi connectivity index (χ1v) is 12.2. The predicted octanol–water partition coefficient (Wildman–Crippen LogP) is 4.24. The summed E-state index contributed by atoms with van der Waals surface area (Å²) in [6, 6.07) is 15.0. The van der Waals surface area contributed by atoms with Crippen LogP contribution in [-0.4, -0.2) is 45.4 Å². The lowest BCUT2D eigenvalue weighted by Crippen LogP contribution is -2.47. The van der Waals surface area contributed by atoms with E-state index in [9.17, 15) is 8.42 Å². The van der Waals surface area contributed by atoms with Gasteiger partial charge in [-0.15, -0.1) is 0 Å². The first-order chi connectivity index (χ1) is 14.9. The van der Waals surface area contributed by atoms with E-state index in [0.29, 0.717) is 5.92 Å². The molecule has 2 atom stereocenters. The molecule has 0 heterocycles. The summed E-state index contributed by atoms with van der Waals surface area (Å²) in [5.74, 6) is 1.79. The van der Waals surface area contributed by atoms with Crippen molar-refractivity contribution in [3.8, 4) is 11.5 Å². The topological polar surface area (TPSA) is 65.1 Å². The van der Waals surface area contributed by atoms with E-state index in [-0.39, 0.29) is 19.2 Å². The number of rotatable bonds is 11. The number of sulfonamides is 1. The fourth-order valence-electron chi connectivity index (χ4n) is 4.05. The molecule has 2 aromatic rings. The van der Waals surface area contributed by atoms with Crippen molar-refractivity contribution in [3.05, 3.63) is 59.7 Å². The molecule has 7 heteroatoms. The Labute approximate surface area is 186 Å². The van der Waals surface area contributed by atoms with Crippen LogP contribution in [0.25, 0.3) is 0 Å². The minimum atomic E-state index is -3.62. The molecule has 1 aliphatic rings. The zero-order chi connectivity index (χ0) is 22.4. The summed E-state index contributed by atoms with van der Waals surface area (Å²) >= 11 is 0. The second-order valence-corrected chi connectivity index (χ2v) is 10.4. The monoisotopic (exact) mass is 447 g/mol. The van der Waals surface area contributed by atoms with E-state index in [2.05, 4.69) is 0 Å². The lowest BCUT2D eigenvalue weighted by molar-refractivity contribution is 0.0182. The summed E-state index contributed by atoms with van der Waals surface area (Å²) < 4.78 is 45.1. The van der Waals surface area contributed by atoms with Crippen LogP contribution in [0, 0.1) is 5.92 Å². The Bertz CT molecular complexity index is 874. The summed E-state index contributed by atoms with van der Waals surface area (Å²) in [6.07, 6.45) is 2.89. The number of nitrogens with zero attached hydrogens (tertiary/aromatic N) is 1. The molecule has 6 nitrogen and oxygen atoms in total. The molecule has 0 aliphatic heterocycles. The van der Waals surface area contributed by atoms with Crippen molar-refractivity contribution in [2.24, 2.45) is 5.92 Å². The zero-order valence-corrected chi connectivity index (χ0v) is 19.6. The quantitative estimate of drug-likeness (QED) is 0.516. The summed E-state index contributed by atoms with van der Waals surface area (Å²) in [5, 5.41) is -0.626. The third kappa shape index (κ3) is 5.59. The van der Waals surface area contributed by atoms with Crippen LogP contribution in [0.3, 0.4) is 0 Å². The Hall–Kier alpha value is -2.09. The van der Waals surface area contributed by atoms with E-state index in [4.69, 9.17) is 14.2 Å². The Kier molecular flexibility index (Phi) is 7.97. The van der Waals surface area contributed by atoms with Gasteiger partial charge in [0.05, 0.1) is 25.6 Å². The Balaban J connectivity index is 1.87. The minimum Gasteiger partial charge on any atom is -0.497 e. The molecule has 1 aliphatic carbocycles. The van der Waals surface area contributed by atoms with Crippen LogP contribution in [0.5, 0.6) is 11.5 Å². The number of hydrogen-bond donors (Lipinski definition) is 0. The molecule has 0 amide bonds. The molecule has 0 radical (unpaired) electrons. The van der Waals surface area contributed by atoms with E-state index < -0.39 is 15.3 Å². The standard InChI is InChI=1S/C24H33NO5S/c1-18(24(30-4)21-6-5-7-21)31(26,27)25(16-19-8-12-22(28-2)13-9-19)17-20-10-14-23(29-3)15-11-20/h8-15,18,21,24H,5-7,16-17H2,1-4H3/t18-,24+/m1/s1. The first-order valence-electron chi connectivity index (χ1n) is 10.7. The van der Waals surface area contributed by atoms with Crippen LogP contribution < -0.4 is 9.47 Å². The van der Waals surface area contributed by atoms with Crippen molar-refractivity contribution in [2.45, 2.75) is 50.6 Å². The SMILES string of the molecule is COc1ccc(CN(Cc2ccc(OC)cc2)S(=O)(=O)[C@H](C)[C@H](OC)C2CCC2)cc1.